The molecule has 0 aliphatic heterocycles. The zero-order chi connectivity index (χ0) is 10.4. The van der Waals surface area contributed by atoms with Crippen molar-refractivity contribution < 1.29 is 9.90 Å². The number of anilines is 1. The van der Waals surface area contributed by atoms with Gasteiger partial charge in [0.15, 0.2) is 0 Å². The van der Waals surface area contributed by atoms with Crippen molar-refractivity contribution in [2.75, 3.05) is 5.32 Å². The van der Waals surface area contributed by atoms with E-state index in [1.807, 2.05) is 12.1 Å². The molecule has 0 unspecified atom stereocenters. The number of rotatable bonds is 4. The summed E-state index contributed by atoms with van der Waals surface area (Å²) in [5.74, 6) is 0.452. The molecule has 0 aromatic carbocycles. The van der Waals surface area contributed by atoms with Crippen molar-refractivity contribution in [2.45, 2.75) is 26.2 Å². The van der Waals surface area contributed by atoms with Crippen LogP contribution in [0.3, 0.4) is 0 Å². The Labute approximate surface area is 83.0 Å². The Morgan fingerprint density at radius 3 is 3.07 bits per heavy atom. The van der Waals surface area contributed by atoms with Crippen molar-refractivity contribution in [3.63, 3.8) is 0 Å². The van der Waals surface area contributed by atoms with Crippen LogP contribution in [-0.4, -0.2) is 16.2 Å². The zero-order valence-corrected chi connectivity index (χ0v) is 8.16. The Balaban J connectivity index is 2.74. The van der Waals surface area contributed by atoms with Gasteiger partial charge in [0.1, 0.15) is 5.82 Å². The Bertz CT molecular complexity index is 313. The fraction of sp³-hybridized carbons (Fsp3) is 0.400. The van der Waals surface area contributed by atoms with Crippen LogP contribution in [0.15, 0.2) is 18.3 Å². The number of carbonyl (C=O) groups is 1. The number of nitrogens with one attached hydrogen (secondary N) is 1. The Morgan fingerprint density at radius 2 is 2.43 bits per heavy atom. The maximum absolute atomic E-state index is 10.4. The van der Waals surface area contributed by atoms with Gasteiger partial charge in [0.2, 0.25) is 0 Å². The molecule has 0 saturated carbocycles. The first-order valence-corrected chi connectivity index (χ1v) is 4.68. The molecule has 1 amide bonds. The minimum atomic E-state index is -1.07. The predicted molar refractivity (Wildman–Crippen MR) is 54.5 cm³/mol. The van der Waals surface area contributed by atoms with E-state index in [1.54, 1.807) is 6.20 Å². The first-order valence-electron chi connectivity index (χ1n) is 4.68. The highest BCUT2D eigenvalue weighted by Gasteiger charge is 2.04. The van der Waals surface area contributed by atoms with E-state index < -0.39 is 6.09 Å². The molecule has 0 aliphatic carbocycles. The maximum Gasteiger partial charge on any atom is 0.410 e. The van der Waals surface area contributed by atoms with Crippen molar-refractivity contribution in [3.8, 4) is 0 Å². The smallest absolute Gasteiger partial charge is 0.410 e. The lowest BCUT2D eigenvalue weighted by Gasteiger charge is -2.06. The highest BCUT2D eigenvalue weighted by Crippen LogP contribution is 2.14. The van der Waals surface area contributed by atoms with Crippen LogP contribution in [-0.2, 0) is 6.42 Å². The van der Waals surface area contributed by atoms with Gasteiger partial charge < -0.3 is 5.11 Å². The highest BCUT2D eigenvalue weighted by molar-refractivity contribution is 5.82. The molecule has 0 aliphatic rings. The first-order chi connectivity index (χ1) is 6.74. The second-order valence-electron chi connectivity index (χ2n) is 3.04. The SMILES string of the molecule is CCCCc1cccnc1NC(=O)O. The van der Waals surface area contributed by atoms with Crippen molar-refractivity contribution >= 4 is 11.9 Å². The largest absolute Gasteiger partial charge is 0.465 e. The fourth-order valence-corrected chi connectivity index (χ4v) is 1.22. The number of carboxylic acid groups (broad SMARTS) is 1. The normalized spacial score (nSPS) is 9.79. The molecule has 76 valence electrons. The fourth-order valence-electron chi connectivity index (χ4n) is 1.22. The summed E-state index contributed by atoms with van der Waals surface area (Å²) < 4.78 is 0. The summed E-state index contributed by atoms with van der Waals surface area (Å²) in [5.41, 5.74) is 0.955. The lowest BCUT2D eigenvalue weighted by Crippen LogP contribution is -2.10. The first kappa shape index (κ1) is 10.5. The van der Waals surface area contributed by atoms with E-state index >= 15 is 0 Å². The summed E-state index contributed by atoms with van der Waals surface area (Å²) >= 11 is 0. The van der Waals surface area contributed by atoms with E-state index in [9.17, 15) is 4.79 Å². The summed E-state index contributed by atoms with van der Waals surface area (Å²) in [6, 6.07) is 3.71. The van der Waals surface area contributed by atoms with E-state index in [2.05, 4.69) is 17.2 Å². The Hall–Kier alpha value is -1.58. The minimum Gasteiger partial charge on any atom is -0.465 e. The predicted octanol–water partition coefficient (Wildman–Crippen LogP) is 2.51. The van der Waals surface area contributed by atoms with Gasteiger partial charge in [-0.3, -0.25) is 5.32 Å². The average molecular weight is 194 g/mol. The zero-order valence-electron chi connectivity index (χ0n) is 8.16. The molecular formula is C10H14N2O2. The molecular weight excluding hydrogens is 180 g/mol. The Morgan fingerprint density at radius 1 is 1.64 bits per heavy atom. The number of hydrogen-bond acceptors (Lipinski definition) is 2. The van der Waals surface area contributed by atoms with Gasteiger partial charge in [0.25, 0.3) is 0 Å². The maximum atomic E-state index is 10.4. The van der Waals surface area contributed by atoms with Crippen molar-refractivity contribution in [3.05, 3.63) is 23.9 Å². The lowest BCUT2D eigenvalue weighted by molar-refractivity contribution is 0.209. The molecule has 1 aromatic rings. The van der Waals surface area contributed by atoms with E-state index in [0.717, 1.165) is 24.8 Å². The van der Waals surface area contributed by atoms with Gasteiger partial charge in [-0.1, -0.05) is 19.4 Å². The second kappa shape index (κ2) is 5.21. The number of aromatic nitrogens is 1. The molecule has 14 heavy (non-hydrogen) atoms. The van der Waals surface area contributed by atoms with Crippen molar-refractivity contribution in [1.29, 1.82) is 0 Å². The van der Waals surface area contributed by atoms with Gasteiger partial charge in [0, 0.05) is 6.20 Å². The van der Waals surface area contributed by atoms with Crippen LogP contribution in [0.5, 0.6) is 0 Å². The summed E-state index contributed by atoms with van der Waals surface area (Å²) in [5, 5.41) is 10.9. The van der Waals surface area contributed by atoms with Gasteiger partial charge in [-0.15, -0.1) is 0 Å². The number of unbranched alkanes of at least 4 members (excludes halogenated alkanes) is 1. The molecule has 0 atom stereocenters. The van der Waals surface area contributed by atoms with E-state index in [-0.39, 0.29) is 0 Å². The number of aryl methyl sites for hydroxylation is 1. The standard InChI is InChI=1S/C10H14N2O2/c1-2-3-5-8-6-4-7-11-9(8)12-10(13)14/h4,6-7H,2-3,5H2,1H3,(H,11,12)(H,13,14). The topological polar surface area (TPSA) is 62.2 Å². The molecule has 0 bridgehead atoms. The van der Waals surface area contributed by atoms with Crippen molar-refractivity contribution in [1.82, 2.24) is 4.98 Å². The van der Waals surface area contributed by atoms with Crippen LogP contribution in [0.1, 0.15) is 25.3 Å². The molecule has 1 rings (SSSR count). The third-order valence-corrected chi connectivity index (χ3v) is 1.92. The molecule has 1 heterocycles. The number of amides is 1. The van der Waals surface area contributed by atoms with Crippen LogP contribution < -0.4 is 5.32 Å². The number of nitrogens with zero attached hydrogens (tertiary/aromatic N) is 1. The van der Waals surface area contributed by atoms with Gasteiger partial charge >= 0.3 is 6.09 Å². The summed E-state index contributed by atoms with van der Waals surface area (Å²) in [6.45, 7) is 2.10. The van der Waals surface area contributed by atoms with E-state index in [1.165, 1.54) is 0 Å². The quantitative estimate of drug-likeness (QED) is 0.774. The lowest BCUT2D eigenvalue weighted by atomic mass is 10.1. The number of pyridine rings is 1. The van der Waals surface area contributed by atoms with Crippen LogP contribution in [0.2, 0.25) is 0 Å². The molecule has 2 N–H and O–H groups in total. The van der Waals surface area contributed by atoms with Crippen molar-refractivity contribution in [2.24, 2.45) is 0 Å². The van der Waals surface area contributed by atoms with E-state index in [0.29, 0.717) is 5.82 Å². The molecule has 4 heteroatoms. The molecule has 0 radical (unpaired) electrons. The monoisotopic (exact) mass is 194 g/mol. The third kappa shape index (κ3) is 3.05. The van der Waals surface area contributed by atoms with Gasteiger partial charge in [0.05, 0.1) is 0 Å². The summed E-state index contributed by atoms with van der Waals surface area (Å²) in [7, 11) is 0. The molecule has 0 fully saturated rings. The van der Waals surface area contributed by atoms with Gasteiger partial charge in [-0.25, -0.2) is 9.78 Å². The minimum absolute atomic E-state index is 0.452. The summed E-state index contributed by atoms with van der Waals surface area (Å²) in [4.78, 5) is 14.4. The third-order valence-electron chi connectivity index (χ3n) is 1.92. The molecule has 1 aromatic heterocycles. The van der Waals surface area contributed by atoms with Crippen LogP contribution in [0.25, 0.3) is 0 Å². The van der Waals surface area contributed by atoms with Gasteiger partial charge in [-0.05, 0) is 24.5 Å². The van der Waals surface area contributed by atoms with Crippen LogP contribution in [0.4, 0.5) is 10.6 Å². The summed E-state index contributed by atoms with van der Waals surface area (Å²) in [6.07, 6.45) is 3.50. The van der Waals surface area contributed by atoms with Crippen LogP contribution >= 0.6 is 0 Å². The highest BCUT2D eigenvalue weighted by atomic mass is 16.4. The van der Waals surface area contributed by atoms with Gasteiger partial charge in [-0.2, -0.15) is 0 Å². The molecule has 0 saturated heterocycles. The van der Waals surface area contributed by atoms with E-state index in [4.69, 9.17) is 5.11 Å². The number of hydrogen-bond donors (Lipinski definition) is 2. The van der Waals surface area contributed by atoms with Crippen LogP contribution in [0, 0.1) is 0 Å². The average Bonchev–Trinajstić information content (AvgIpc) is 2.16. The second-order valence-corrected chi connectivity index (χ2v) is 3.04. The molecule has 4 nitrogen and oxygen atoms in total. The molecule has 0 spiro atoms. The Kier molecular flexibility index (Phi) is 3.91.